The Kier molecular flexibility index (Phi) is 3.32. The number of fused-ring (bicyclic) bond motifs is 1. The number of ether oxygens (including phenoxy) is 1. The predicted octanol–water partition coefficient (Wildman–Crippen LogP) is 3.22. The van der Waals surface area contributed by atoms with Gasteiger partial charge < -0.3 is 9.84 Å². The molecule has 3 heteroatoms. The molecule has 1 unspecified atom stereocenters. The van der Waals surface area contributed by atoms with Crippen LogP contribution in [0.4, 0.5) is 0 Å². The fourth-order valence-electron chi connectivity index (χ4n) is 1.97. The minimum absolute atomic E-state index is 0.403. The van der Waals surface area contributed by atoms with E-state index < -0.39 is 6.10 Å². The predicted molar refractivity (Wildman–Crippen MR) is 63.2 cm³/mol. The van der Waals surface area contributed by atoms with E-state index in [2.05, 4.69) is 28.9 Å². The van der Waals surface area contributed by atoms with Crippen molar-refractivity contribution in [1.82, 2.24) is 0 Å². The van der Waals surface area contributed by atoms with Gasteiger partial charge in [-0.05, 0) is 24.1 Å². The Bertz CT molecular complexity index is 363. The highest BCUT2D eigenvalue weighted by Crippen LogP contribution is 2.37. The number of halogens is 1. The van der Waals surface area contributed by atoms with E-state index in [0.29, 0.717) is 0 Å². The van der Waals surface area contributed by atoms with Crippen molar-refractivity contribution in [2.24, 2.45) is 0 Å². The molecule has 0 spiro atoms. The van der Waals surface area contributed by atoms with Crippen LogP contribution < -0.4 is 4.74 Å². The summed E-state index contributed by atoms with van der Waals surface area (Å²) in [6.45, 7) is 2.81. The highest BCUT2D eigenvalue weighted by molar-refractivity contribution is 9.10. The molecule has 15 heavy (non-hydrogen) atoms. The van der Waals surface area contributed by atoms with Crippen molar-refractivity contribution in [3.05, 3.63) is 27.7 Å². The molecule has 1 heterocycles. The Balaban J connectivity index is 2.37. The van der Waals surface area contributed by atoms with Crippen molar-refractivity contribution < 1.29 is 9.84 Å². The average molecular weight is 271 g/mol. The Hall–Kier alpha value is -0.540. The zero-order valence-electron chi connectivity index (χ0n) is 8.79. The normalized spacial score (nSPS) is 15.9. The van der Waals surface area contributed by atoms with Gasteiger partial charge >= 0.3 is 0 Å². The maximum absolute atomic E-state index is 10.0. The molecule has 1 atom stereocenters. The Labute approximate surface area is 98.4 Å². The van der Waals surface area contributed by atoms with Gasteiger partial charge in [-0.15, -0.1) is 0 Å². The quantitative estimate of drug-likeness (QED) is 0.914. The molecule has 0 amide bonds. The van der Waals surface area contributed by atoms with Crippen LogP contribution in [0.1, 0.15) is 37.0 Å². The van der Waals surface area contributed by atoms with Crippen molar-refractivity contribution in [2.45, 2.75) is 32.3 Å². The van der Waals surface area contributed by atoms with Crippen molar-refractivity contribution in [1.29, 1.82) is 0 Å². The molecule has 0 saturated carbocycles. The number of hydrogen-bond acceptors (Lipinski definition) is 2. The topological polar surface area (TPSA) is 29.5 Å². The third-order valence-electron chi connectivity index (χ3n) is 2.70. The maximum atomic E-state index is 10.0. The second kappa shape index (κ2) is 4.54. The van der Waals surface area contributed by atoms with Gasteiger partial charge in [0.2, 0.25) is 0 Å². The largest absolute Gasteiger partial charge is 0.493 e. The van der Waals surface area contributed by atoms with E-state index >= 15 is 0 Å². The second-order valence-corrected chi connectivity index (χ2v) is 4.80. The fraction of sp³-hybridized carbons (Fsp3) is 0.500. The first kappa shape index (κ1) is 11.0. The van der Waals surface area contributed by atoms with Crippen molar-refractivity contribution >= 4 is 15.9 Å². The molecule has 0 aliphatic carbocycles. The molecule has 1 aliphatic heterocycles. The van der Waals surface area contributed by atoms with Crippen LogP contribution >= 0.6 is 15.9 Å². The van der Waals surface area contributed by atoms with E-state index in [1.807, 2.05) is 6.07 Å². The van der Waals surface area contributed by atoms with E-state index in [1.165, 1.54) is 5.56 Å². The van der Waals surface area contributed by atoms with Gasteiger partial charge in [0.05, 0.1) is 12.7 Å². The van der Waals surface area contributed by atoms with Crippen LogP contribution in [0.3, 0.4) is 0 Å². The molecule has 1 aromatic carbocycles. The summed E-state index contributed by atoms with van der Waals surface area (Å²) in [6.07, 6.45) is 2.30. The summed E-state index contributed by atoms with van der Waals surface area (Å²) in [7, 11) is 0. The first-order valence-corrected chi connectivity index (χ1v) is 6.15. The van der Waals surface area contributed by atoms with Crippen LogP contribution in [0, 0.1) is 0 Å². The molecular weight excluding hydrogens is 256 g/mol. The van der Waals surface area contributed by atoms with Gasteiger partial charge in [0.15, 0.2) is 0 Å². The molecular formula is C12H15BrO2. The van der Waals surface area contributed by atoms with Crippen molar-refractivity contribution in [3.63, 3.8) is 0 Å². The molecule has 0 fully saturated rings. The first-order valence-electron chi connectivity index (χ1n) is 5.35. The summed E-state index contributed by atoms with van der Waals surface area (Å²) in [5, 5.41) is 10.0. The Morgan fingerprint density at radius 3 is 3.07 bits per heavy atom. The van der Waals surface area contributed by atoms with Crippen molar-refractivity contribution in [2.75, 3.05) is 6.61 Å². The zero-order chi connectivity index (χ0) is 10.8. The molecule has 82 valence electrons. The second-order valence-electron chi connectivity index (χ2n) is 3.89. The lowest BCUT2D eigenvalue weighted by molar-refractivity contribution is 0.162. The molecule has 0 bridgehead atoms. The standard InChI is InChI=1S/C12H15BrO2/c1-2-3-11(14)10-7-9(13)6-8-4-5-15-12(8)10/h6-7,11,14H,2-5H2,1H3. The smallest absolute Gasteiger partial charge is 0.128 e. The van der Waals surface area contributed by atoms with Crippen LogP contribution in [0.25, 0.3) is 0 Å². The van der Waals surface area contributed by atoms with Crippen LogP contribution in [0.5, 0.6) is 5.75 Å². The Morgan fingerprint density at radius 2 is 2.33 bits per heavy atom. The lowest BCUT2D eigenvalue weighted by Gasteiger charge is -2.14. The van der Waals surface area contributed by atoms with E-state index in [0.717, 1.165) is 41.7 Å². The summed E-state index contributed by atoms with van der Waals surface area (Å²) in [6, 6.07) is 4.04. The third kappa shape index (κ3) is 2.18. The minimum atomic E-state index is -0.403. The lowest BCUT2D eigenvalue weighted by atomic mass is 10.0. The molecule has 0 radical (unpaired) electrons. The van der Waals surface area contributed by atoms with Gasteiger partial charge in [0.1, 0.15) is 5.75 Å². The SMILES string of the molecule is CCCC(O)c1cc(Br)cc2c1OCC2. The number of aliphatic hydroxyl groups excluding tert-OH is 1. The summed E-state index contributed by atoms with van der Waals surface area (Å²) < 4.78 is 6.60. The van der Waals surface area contributed by atoms with Gasteiger partial charge in [-0.1, -0.05) is 29.3 Å². The number of hydrogen-bond donors (Lipinski definition) is 1. The monoisotopic (exact) mass is 270 g/mol. The number of benzene rings is 1. The summed E-state index contributed by atoms with van der Waals surface area (Å²) in [5.74, 6) is 0.902. The van der Waals surface area contributed by atoms with E-state index in [-0.39, 0.29) is 0 Å². The average Bonchev–Trinajstić information content (AvgIpc) is 2.64. The maximum Gasteiger partial charge on any atom is 0.128 e. The van der Waals surface area contributed by atoms with Crippen LogP contribution in [0.15, 0.2) is 16.6 Å². The Morgan fingerprint density at radius 1 is 1.53 bits per heavy atom. The summed E-state index contributed by atoms with van der Waals surface area (Å²) >= 11 is 3.47. The summed E-state index contributed by atoms with van der Waals surface area (Å²) in [5.41, 5.74) is 2.13. The summed E-state index contributed by atoms with van der Waals surface area (Å²) in [4.78, 5) is 0. The minimum Gasteiger partial charge on any atom is -0.493 e. The van der Waals surface area contributed by atoms with E-state index in [9.17, 15) is 5.11 Å². The third-order valence-corrected chi connectivity index (χ3v) is 3.16. The number of aliphatic hydroxyl groups is 1. The van der Waals surface area contributed by atoms with Gasteiger partial charge in [-0.25, -0.2) is 0 Å². The van der Waals surface area contributed by atoms with Gasteiger partial charge in [-0.3, -0.25) is 0 Å². The van der Waals surface area contributed by atoms with Gasteiger partial charge in [0.25, 0.3) is 0 Å². The molecule has 1 N–H and O–H groups in total. The van der Waals surface area contributed by atoms with Crippen LogP contribution in [-0.4, -0.2) is 11.7 Å². The molecule has 1 aromatic rings. The molecule has 2 rings (SSSR count). The van der Waals surface area contributed by atoms with Crippen LogP contribution in [-0.2, 0) is 6.42 Å². The number of rotatable bonds is 3. The highest BCUT2D eigenvalue weighted by Gasteiger charge is 2.21. The first-order chi connectivity index (χ1) is 7.22. The molecule has 1 aliphatic rings. The zero-order valence-corrected chi connectivity index (χ0v) is 10.4. The molecule has 0 aromatic heterocycles. The van der Waals surface area contributed by atoms with E-state index in [1.54, 1.807) is 0 Å². The molecule has 2 nitrogen and oxygen atoms in total. The lowest BCUT2D eigenvalue weighted by Crippen LogP contribution is -2.00. The van der Waals surface area contributed by atoms with Crippen molar-refractivity contribution in [3.8, 4) is 5.75 Å². The van der Waals surface area contributed by atoms with Gasteiger partial charge in [-0.2, -0.15) is 0 Å². The highest BCUT2D eigenvalue weighted by atomic mass is 79.9. The molecule has 0 saturated heterocycles. The van der Waals surface area contributed by atoms with Crippen LogP contribution in [0.2, 0.25) is 0 Å². The van der Waals surface area contributed by atoms with E-state index in [4.69, 9.17) is 4.74 Å². The fourth-order valence-corrected chi connectivity index (χ4v) is 2.50. The van der Waals surface area contributed by atoms with Gasteiger partial charge in [0, 0.05) is 16.5 Å².